The number of hydrogen-bond acceptors (Lipinski definition) is 6. The van der Waals surface area contributed by atoms with Gasteiger partial charge in [0.15, 0.2) is 0 Å². The van der Waals surface area contributed by atoms with E-state index in [0.717, 1.165) is 0 Å². The highest BCUT2D eigenvalue weighted by molar-refractivity contribution is 5.94. The lowest BCUT2D eigenvalue weighted by molar-refractivity contribution is 0.0620. The second kappa shape index (κ2) is 8.69. The van der Waals surface area contributed by atoms with Gasteiger partial charge in [-0.05, 0) is 32.8 Å². The molecule has 1 N–H and O–H groups in total. The van der Waals surface area contributed by atoms with Crippen LogP contribution in [0.25, 0.3) is 0 Å². The third-order valence-electron chi connectivity index (χ3n) is 3.59. The molecule has 1 amide bonds. The maximum absolute atomic E-state index is 11.9. The van der Waals surface area contributed by atoms with Crippen LogP contribution in [0.15, 0.2) is 23.5 Å². The average Bonchev–Trinajstić information content (AvgIpc) is 2.91. The first-order chi connectivity index (χ1) is 11.9. The van der Waals surface area contributed by atoms with E-state index in [2.05, 4.69) is 29.3 Å². The topological polar surface area (TPSA) is 82.0 Å². The lowest BCUT2D eigenvalue weighted by atomic mass is 10.1. The molecule has 1 aromatic rings. The zero-order valence-electron chi connectivity index (χ0n) is 15.5. The maximum Gasteiger partial charge on any atom is 0.253 e. The second-order valence-corrected chi connectivity index (χ2v) is 6.88. The van der Waals surface area contributed by atoms with Crippen LogP contribution >= 0.6 is 0 Å². The van der Waals surface area contributed by atoms with Crippen LogP contribution in [0, 0.1) is 11.8 Å². The molecule has 0 spiro atoms. The Kier molecular flexibility index (Phi) is 6.61. The van der Waals surface area contributed by atoms with Crippen LogP contribution in [0.5, 0.6) is 5.88 Å². The van der Waals surface area contributed by atoms with E-state index in [-0.39, 0.29) is 24.0 Å². The fourth-order valence-electron chi connectivity index (χ4n) is 2.19. The van der Waals surface area contributed by atoms with Crippen LogP contribution in [-0.4, -0.2) is 42.1 Å². The van der Waals surface area contributed by atoms with Crippen molar-refractivity contribution < 1.29 is 19.1 Å². The zero-order valence-corrected chi connectivity index (χ0v) is 15.5. The second-order valence-electron chi connectivity index (χ2n) is 6.88. The summed E-state index contributed by atoms with van der Waals surface area (Å²) >= 11 is 0. The number of carbonyl (C=O) groups excluding carboxylic acids is 1. The molecule has 1 aromatic heterocycles. The minimum absolute atomic E-state index is 0.0792. The number of amides is 1. The van der Waals surface area contributed by atoms with Gasteiger partial charge in [-0.15, -0.1) is 0 Å². The van der Waals surface area contributed by atoms with Gasteiger partial charge in [-0.1, -0.05) is 19.0 Å². The molecule has 0 fully saturated rings. The van der Waals surface area contributed by atoms with Crippen LogP contribution in [0.2, 0.25) is 0 Å². The van der Waals surface area contributed by atoms with Crippen molar-refractivity contribution in [1.82, 2.24) is 10.3 Å². The van der Waals surface area contributed by atoms with Gasteiger partial charge in [0, 0.05) is 18.3 Å². The molecule has 2 unspecified atom stereocenters. The predicted octanol–water partition coefficient (Wildman–Crippen LogP) is 2.62. The molecule has 0 saturated heterocycles. The molecule has 25 heavy (non-hydrogen) atoms. The van der Waals surface area contributed by atoms with E-state index in [4.69, 9.17) is 14.3 Å². The van der Waals surface area contributed by atoms with Gasteiger partial charge in [0.1, 0.15) is 18.6 Å². The summed E-state index contributed by atoms with van der Waals surface area (Å²) < 4.78 is 11.4. The van der Waals surface area contributed by atoms with Crippen molar-refractivity contribution in [2.45, 2.75) is 46.8 Å². The van der Waals surface area contributed by atoms with E-state index in [0.29, 0.717) is 36.5 Å². The standard InChI is InChI=1S/C18H27N3O4/c1-11(2)9-24-18-15(13(5)25-21-18)10-23-16-7-6-14(8-19-16)17(22)20-12(3)4/h6-8,11-13,15H,9-10H2,1-5H3,(H,20,22). The molecule has 7 nitrogen and oxygen atoms in total. The molecule has 0 aliphatic carbocycles. The van der Waals surface area contributed by atoms with Crippen LogP contribution in [0.1, 0.15) is 45.0 Å². The minimum atomic E-state index is -0.150. The summed E-state index contributed by atoms with van der Waals surface area (Å²) in [6.45, 7) is 10.8. The molecule has 7 heteroatoms. The predicted molar refractivity (Wildman–Crippen MR) is 94.6 cm³/mol. The molecule has 0 bridgehead atoms. The van der Waals surface area contributed by atoms with Crippen LogP contribution in [0.4, 0.5) is 0 Å². The van der Waals surface area contributed by atoms with E-state index < -0.39 is 0 Å². The van der Waals surface area contributed by atoms with Crippen molar-refractivity contribution in [2.24, 2.45) is 17.0 Å². The van der Waals surface area contributed by atoms with Crippen molar-refractivity contribution in [2.75, 3.05) is 13.2 Å². The summed E-state index contributed by atoms with van der Waals surface area (Å²) in [7, 11) is 0. The van der Waals surface area contributed by atoms with E-state index >= 15 is 0 Å². The van der Waals surface area contributed by atoms with Gasteiger partial charge in [-0.2, -0.15) is 0 Å². The molecule has 1 aliphatic heterocycles. The Labute approximate surface area is 148 Å². The Balaban J connectivity index is 1.89. The third kappa shape index (κ3) is 5.62. The first-order valence-electron chi connectivity index (χ1n) is 8.63. The smallest absolute Gasteiger partial charge is 0.253 e. The maximum atomic E-state index is 11.9. The van der Waals surface area contributed by atoms with Gasteiger partial charge >= 0.3 is 0 Å². The molecular weight excluding hydrogens is 322 g/mol. The number of nitrogens with one attached hydrogen (secondary N) is 1. The van der Waals surface area contributed by atoms with Crippen LogP contribution < -0.4 is 10.1 Å². The van der Waals surface area contributed by atoms with Crippen LogP contribution in [0.3, 0.4) is 0 Å². The zero-order chi connectivity index (χ0) is 18.4. The largest absolute Gasteiger partial charge is 0.478 e. The van der Waals surface area contributed by atoms with Crippen molar-refractivity contribution in [3.63, 3.8) is 0 Å². The van der Waals surface area contributed by atoms with E-state index in [1.807, 2.05) is 20.8 Å². The summed E-state index contributed by atoms with van der Waals surface area (Å²) in [5.41, 5.74) is 0.501. The highest BCUT2D eigenvalue weighted by Crippen LogP contribution is 2.21. The molecule has 0 radical (unpaired) electrons. The fraction of sp³-hybridized carbons (Fsp3) is 0.611. The Morgan fingerprint density at radius 2 is 2.04 bits per heavy atom. The number of oxime groups is 1. The monoisotopic (exact) mass is 349 g/mol. The number of carbonyl (C=O) groups is 1. The highest BCUT2D eigenvalue weighted by atomic mass is 16.7. The molecule has 1 aliphatic rings. The number of aromatic nitrogens is 1. The Morgan fingerprint density at radius 1 is 1.28 bits per heavy atom. The first kappa shape index (κ1) is 19.0. The molecule has 2 atom stereocenters. The summed E-state index contributed by atoms with van der Waals surface area (Å²) in [5, 5.41) is 6.81. The van der Waals surface area contributed by atoms with Gasteiger partial charge < -0.3 is 19.6 Å². The van der Waals surface area contributed by atoms with E-state index in [9.17, 15) is 4.79 Å². The number of nitrogens with zero attached hydrogens (tertiary/aromatic N) is 2. The molecular formula is C18H27N3O4. The summed E-state index contributed by atoms with van der Waals surface area (Å²) in [4.78, 5) is 21.4. The number of hydrogen-bond donors (Lipinski definition) is 1. The van der Waals surface area contributed by atoms with Crippen molar-refractivity contribution >= 4 is 11.8 Å². The Morgan fingerprint density at radius 3 is 2.64 bits per heavy atom. The lowest BCUT2D eigenvalue weighted by Gasteiger charge is -2.17. The lowest BCUT2D eigenvalue weighted by Crippen LogP contribution is -2.30. The molecule has 2 heterocycles. The average molecular weight is 349 g/mol. The number of ether oxygens (including phenoxy) is 2. The minimum Gasteiger partial charge on any atom is -0.478 e. The quantitative estimate of drug-likeness (QED) is 0.818. The molecule has 0 aromatic carbocycles. The Hall–Kier alpha value is -2.31. The molecule has 138 valence electrons. The molecule has 2 rings (SSSR count). The fourth-order valence-corrected chi connectivity index (χ4v) is 2.19. The summed E-state index contributed by atoms with van der Waals surface area (Å²) in [6.07, 6.45) is 1.39. The molecule has 0 saturated carbocycles. The highest BCUT2D eigenvalue weighted by Gasteiger charge is 2.33. The first-order valence-corrected chi connectivity index (χ1v) is 8.63. The summed E-state index contributed by atoms with van der Waals surface area (Å²) in [6, 6.07) is 3.45. The van der Waals surface area contributed by atoms with Crippen molar-refractivity contribution in [3.8, 4) is 5.88 Å². The van der Waals surface area contributed by atoms with Crippen LogP contribution in [-0.2, 0) is 9.57 Å². The number of rotatable bonds is 7. The normalized spacial score (nSPS) is 19.6. The third-order valence-corrected chi connectivity index (χ3v) is 3.59. The van der Waals surface area contributed by atoms with Gasteiger partial charge in [-0.25, -0.2) is 4.98 Å². The Bertz CT molecular complexity index is 599. The van der Waals surface area contributed by atoms with Gasteiger partial charge in [0.2, 0.25) is 11.8 Å². The SMILES string of the molecule is CC(C)COC1=NOC(C)C1COc1ccc(C(=O)NC(C)C)cn1. The van der Waals surface area contributed by atoms with E-state index in [1.165, 1.54) is 6.20 Å². The van der Waals surface area contributed by atoms with Gasteiger partial charge in [0.05, 0.1) is 12.2 Å². The van der Waals surface area contributed by atoms with Gasteiger partial charge in [0.25, 0.3) is 5.91 Å². The number of pyridine rings is 1. The van der Waals surface area contributed by atoms with Gasteiger partial charge in [-0.3, -0.25) is 4.79 Å². The van der Waals surface area contributed by atoms with E-state index in [1.54, 1.807) is 12.1 Å². The van der Waals surface area contributed by atoms with Crippen molar-refractivity contribution in [3.05, 3.63) is 23.9 Å². The van der Waals surface area contributed by atoms with Crippen molar-refractivity contribution in [1.29, 1.82) is 0 Å². The summed E-state index contributed by atoms with van der Waals surface area (Å²) in [5.74, 6) is 1.19.